The molecule has 0 spiro atoms. The van der Waals surface area contributed by atoms with Crippen molar-refractivity contribution in [3.63, 3.8) is 0 Å². The van der Waals surface area contributed by atoms with Crippen molar-refractivity contribution in [3.05, 3.63) is 46.1 Å². The second kappa shape index (κ2) is 4.89. The Bertz CT molecular complexity index is 582. The van der Waals surface area contributed by atoms with E-state index in [1.807, 2.05) is 6.92 Å². The molecule has 1 heterocycles. The minimum atomic E-state index is -0.652. The molecule has 0 aliphatic heterocycles. The molecule has 0 aliphatic rings. The summed E-state index contributed by atoms with van der Waals surface area (Å²) in [6.45, 7) is 1.82. The molecule has 0 atom stereocenters. The molecule has 94 valence electrons. The standard InChI is InChI=1S/C12H10BrF2N3/c1-6-10(16)5-17-12(11(6)13)18-9-3-7(14)2-8(15)4-9/h2-5H,16H2,1H3,(H,17,18). The number of rotatable bonds is 2. The molecule has 1 aromatic carbocycles. The Morgan fingerprint density at radius 3 is 2.44 bits per heavy atom. The molecule has 18 heavy (non-hydrogen) atoms. The van der Waals surface area contributed by atoms with Gasteiger partial charge in [-0.1, -0.05) is 0 Å². The number of hydrogen-bond donors (Lipinski definition) is 2. The summed E-state index contributed by atoms with van der Waals surface area (Å²) in [4.78, 5) is 4.07. The summed E-state index contributed by atoms with van der Waals surface area (Å²) in [6, 6.07) is 3.17. The summed E-state index contributed by atoms with van der Waals surface area (Å²) < 4.78 is 26.7. The van der Waals surface area contributed by atoms with Gasteiger partial charge in [0.1, 0.15) is 17.5 Å². The molecular weight excluding hydrogens is 304 g/mol. The molecule has 0 amide bonds. The maximum atomic E-state index is 13.0. The molecule has 0 saturated heterocycles. The van der Waals surface area contributed by atoms with Gasteiger partial charge in [-0.3, -0.25) is 0 Å². The van der Waals surface area contributed by atoms with Gasteiger partial charge in [-0.2, -0.15) is 0 Å². The summed E-state index contributed by atoms with van der Waals surface area (Å²) in [6.07, 6.45) is 1.48. The monoisotopic (exact) mass is 313 g/mol. The van der Waals surface area contributed by atoms with E-state index in [1.54, 1.807) is 0 Å². The van der Waals surface area contributed by atoms with Gasteiger partial charge in [0, 0.05) is 11.8 Å². The van der Waals surface area contributed by atoms with Gasteiger partial charge in [-0.15, -0.1) is 0 Å². The highest BCUT2D eigenvalue weighted by Crippen LogP contribution is 2.30. The Labute approximate surface area is 111 Å². The smallest absolute Gasteiger partial charge is 0.145 e. The fourth-order valence-electron chi connectivity index (χ4n) is 1.44. The first-order chi connectivity index (χ1) is 8.47. The zero-order valence-corrected chi connectivity index (χ0v) is 11.1. The van der Waals surface area contributed by atoms with Crippen LogP contribution in [0.5, 0.6) is 0 Å². The maximum absolute atomic E-state index is 13.0. The number of benzene rings is 1. The summed E-state index contributed by atoms with van der Waals surface area (Å²) in [5, 5.41) is 2.83. The zero-order valence-electron chi connectivity index (χ0n) is 9.47. The summed E-state index contributed by atoms with van der Waals surface area (Å²) in [5.41, 5.74) is 7.32. The molecule has 2 aromatic rings. The molecule has 0 bridgehead atoms. The molecule has 0 radical (unpaired) electrons. The van der Waals surface area contributed by atoms with Gasteiger partial charge in [0.25, 0.3) is 0 Å². The molecule has 0 aliphatic carbocycles. The average Bonchev–Trinajstić information content (AvgIpc) is 2.29. The topological polar surface area (TPSA) is 50.9 Å². The predicted octanol–water partition coefficient (Wildman–Crippen LogP) is 3.76. The number of anilines is 3. The lowest BCUT2D eigenvalue weighted by Crippen LogP contribution is -2.00. The third-order valence-corrected chi connectivity index (χ3v) is 3.40. The summed E-state index contributed by atoms with van der Waals surface area (Å²) in [7, 11) is 0. The Hall–Kier alpha value is -1.69. The lowest BCUT2D eigenvalue weighted by Gasteiger charge is -2.11. The van der Waals surface area contributed by atoms with Crippen molar-refractivity contribution in [2.75, 3.05) is 11.1 Å². The first-order valence-electron chi connectivity index (χ1n) is 5.11. The second-order valence-corrected chi connectivity index (χ2v) is 4.58. The van der Waals surface area contributed by atoms with Crippen LogP contribution in [0, 0.1) is 18.6 Å². The lowest BCUT2D eigenvalue weighted by molar-refractivity contribution is 0.584. The van der Waals surface area contributed by atoms with Gasteiger partial charge in [0.2, 0.25) is 0 Å². The number of nitrogens with one attached hydrogen (secondary N) is 1. The minimum absolute atomic E-state index is 0.282. The highest BCUT2D eigenvalue weighted by Gasteiger charge is 2.08. The van der Waals surface area contributed by atoms with Gasteiger partial charge in [-0.25, -0.2) is 13.8 Å². The van der Waals surface area contributed by atoms with Crippen molar-refractivity contribution < 1.29 is 8.78 Å². The van der Waals surface area contributed by atoms with E-state index < -0.39 is 11.6 Å². The molecule has 2 rings (SSSR count). The molecular formula is C12H10BrF2N3. The molecule has 1 aromatic heterocycles. The largest absolute Gasteiger partial charge is 0.397 e. The van der Waals surface area contributed by atoms with Crippen LogP contribution in [0.1, 0.15) is 5.56 Å². The number of aromatic nitrogens is 1. The van der Waals surface area contributed by atoms with Crippen molar-refractivity contribution >= 4 is 33.1 Å². The first-order valence-corrected chi connectivity index (χ1v) is 5.90. The van der Waals surface area contributed by atoms with E-state index in [0.29, 0.717) is 16.0 Å². The summed E-state index contributed by atoms with van der Waals surface area (Å²) >= 11 is 3.33. The lowest BCUT2D eigenvalue weighted by atomic mass is 10.2. The van der Waals surface area contributed by atoms with Crippen molar-refractivity contribution in [1.82, 2.24) is 4.98 Å². The quantitative estimate of drug-likeness (QED) is 0.887. The van der Waals surface area contributed by atoms with E-state index in [1.165, 1.54) is 18.3 Å². The van der Waals surface area contributed by atoms with E-state index in [-0.39, 0.29) is 5.69 Å². The van der Waals surface area contributed by atoms with Crippen LogP contribution in [-0.2, 0) is 0 Å². The number of nitrogens with two attached hydrogens (primary N) is 1. The molecule has 0 saturated carbocycles. The predicted molar refractivity (Wildman–Crippen MR) is 70.7 cm³/mol. The Morgan fingerprint density at radius 2 is 1.83 bits per heavy atom. The van der Waals surface area contributed by atoms with Crippen molar-refractivity contribution in [3.8, 4) is 0 Å². The van der Waals surface area contributed by atoms with Crippen LogP contribution in [0.4, 0.5) is 26.0 Å². The number of nitrogen functional groups attached to an aromatic ring is 1. The normalized spacial score (nSPS) is 10.4. The van der Waals surface area contributed by atoms with Crippen LogP contribution in [-0.4, -0.2) is 4.98 Å². The van der Waals surface area contributed by atoms with Crippen LogP contribution >= 0.6 is 15.9 Å². The van der Waals surface area contributed by atoms with Crippen LogP contribution in [0.25, 0.3) is 0 Å². The maximum Gasteiger partial charge on any atom is 0.145 e. The Balaban J connectivity index is 2.37. The second-order valence-electron chi connectivity index (χ2n) is 3.78. The minimum Gasteiger partial charge on any atom is -0.397 e. The first kappa shape index (κ1) is 12.8. The Morgan fingerprint density at radius 1 is 1.22 bits per heavy atom. The third-order valence-electron chi connectivity index (χ3n) is 2.43. The van der Waals surface area contributed by atoms with E-state index in [4.69, 9.17) is 5.73 Å². The number of halogens is 3. The van der Waals surface area contributed by atoms with Gasteiger partial charge in [0.05, 0.1) is 16.4 Å². The van der Waals surface area contributed by atoms with Crippen LogP contribution in [0.2, 0.25) is 0 Å². The number of hydrogen-bond acceptors (Lipinski definition) is 3. The van der Waals surface area contributed by atoms with E-state index in [9.17, 15) is 8.78 Å². The zero-order chi connectivity index (χ0) is 13.3. The van der Waals surface area contributed by atoms with Crippen molar-refractivity contribution in [1.29, 1.82) is 0 Å². The molecule has 0 fully saturated rings. The number of pyridine rings is 1. The van der Waals surface area contributed by atoms with Crippen LogP contribution in [0.3, 0.4) is 0 Å². The third kappa shape index (κ3) is 2.59. The number of nitrogens with zero attached hydrogens (tertiary/aromatic N) is 1. The van der Waals surface area contributed by atoms with Crippen LogP contribution < -0.4 is 11.1 Å². The SMILES string of the molecule is Cc1c(N)cnc(Nc2cc(F)cc(F)c2)c1Br. The van der Waals surface area contributed by atoms with Gasteiger partial charge >= 0.3 is 0 Å². The van der Waals surface area contributed by atoms with Crippen LogP contribution in [0.15, 0.2) is 28.9 Å². The van der Waals surface area contributed by atoms with Crippen molar-refractivity contribution in [2.45, 2.75) is 6.92 Å². The highest BCUT2D eigenvalue weighted by molar-refractivity contribution is 9.10. The van der Waals surface area contributed by atoms with Gasteiger partial charge in [-0.05, 0) is 40.5 Å². The van der Waals surface area contributed by atoms with E-state index in [2.05, 4.69) is 26.2 Å². The molecule has 6 heteroatoms. The fourth-order valence-corrected chi connectivity index (χ4v) is 1.87. The van der Waals surface area contributed by atoms with E-state index in [0.717, 1.165) is 11.6 Å². The molecule has 3 N–H and O–H groups in total. The van der Waals surface area contributed by atoms with E-state index >= 15 is 0 Å². The van der Waals surface area contributed by atoms with Crippen molar-refractivity contribution in [2.24, 2.45) is 0 Å². The average molecular weight is 314 g/mol. The van der Waals surface area contributed by atoms with Gasteiger partial charge < -0.3 is 11.1 Å². The molecule has 0 unspecified atom stereocenters. The Kier molecular flexibility index (Phi) is 3.47. The highest BCUT2D eigenvalue weighted by atomic mass is 79.9. The fraction of sp³-hybridized carbons (Fsp3) is 0.0833. The summed E-state index contributed by atoms with van der Waals surface area (Å²) in [5.74, 6) is -0.853. The molecule has 3 nitrogen and oxygen atoms in total. The van der Waals surface area contributed by atoms with Gasteiger partial charge in [0.15, 0.2) is 0 Å².